The number of amides is 19. The average molecular weight is 1910 g/mol. The zero-order valence-electron chi connectivity index (χ0n) is 78.2. The number of benzene rings is 2. The van der Waals surface area contributed by atoms with Crippen LogP contribution in [0, 0.1) is 29.1 Å². The lowest BCUT2D eigenvalue weighted by Crippen LogP contribution is -2.63. The fraction of sp³-hybridized carbons (Fsp3) is 0.596. The number of guanidine groups is 1. The molecule has 47 nitrogen and oxygen atoms in total. The first-order chi connectivity index (χ1) is 64.2. The summed E-state index contributed by atoms with van der Waals surface area (Å²) < 4.78 is 0. The number of carbonyl (C=O) groups excluding carboxylic acids is 19. The first kappa shape index (κ1) is 109. The highest BCUT2D eigenvalue weighted by Gasteiger charge is 2.48. The molecule has 47 heteroatoms. The van der Waals surface area contributed by atoms with Crippen LogP contribution in [0.15, 0.2) is 73.2 Å². The highest BCUT2D eigenvalue weighted by Crippen LogP contribution is 2.26. The van der Waals surface area contributed by atoms with Gasteiger partial charge >= 0.3 is 5.97 Å². The Bertz CT molecular complexity index is 4770. The maximum atomic E-state index is 15.1. The second-order valence-corrected chi connectivity index (χ2v) is 35.8. The summed E-state index contributed by atoms with van der Waals surface area (Å²) in [4.78, 5) is 298. The maximum Gasteiger partial charge on any atom is 0.303 e. The standard InChI is InChI=1S/C89H132N24O23/c1-12-46(8)67-85(133)106-66(45(6)7)84(132)109-69(49(11)115)87(135)112-35-20-28-59(112)79(127)98-53(27-19-33-95-89(92)93)73(121)108-68(48(10)114)86(134)111-34-21-29-60(111)80(128)99-54(31-32-63(117)118)74(122)110-70(71(91)119)88(136)113-36-22-30-61(113)81(129)104-65(44(4)5)83(131)105-64(43(2)3)82(130)103-57(39-52-41-94-42-96-52)77(125)102-56(38-51-25-17-14-18-26-51)76(124)101-55(37-50-23-15-13-16-24-50)75(123)97-47(9)72(120)100-58(40-62(90)116)78(126)107-67/h13-18,23-26,41-49,53-61,64-70,114-115H,12,19-22,27-40H2,1-11H3,(H2,90,116)(H2,91,119)(H,94,96)(H,97,123)(H,98,127)(H,99,128)(H,100,120)(H,101,124)(H,102,125)(H,103,130)(H,104,129)(H,105,131)(H,106,133)(H,107,126)(H,108,121)(H,109,132)(H,110,122)(H,117,118)(H4,92,93,95)/t46-,47-,48+,49+,53-,54-,55-,56-,57-,58-,59-,60-,61-,64-,65-,66-,67-,68-,69-,70-/m0/s1. The molecule has 0 bridgehead atoms. The Labute approximate surface area is 786 Å². The van der Waals surface area contributed by atoms with E-state index in [2.05, 4.69) is 89.7 Å². The average Bonchev–Trinajstić information content (AvgIpc) is 1.65. The molecule has 5 heterocycles. The maximum absolute atomic E-state index is 15.1. The van der Waals surface area contributed by atoms with Crippen molar-refractivity contribution in [2.75, 3.05) is 26.2 Å². The highest BCUT2D eigenvalue weighted by atomic mass is 16.4. The molecule has 4 saturated heterocycles. The van der Waals surface area contributed by atoms with Gasteiger partial charge in [-0.3, -0.25) is 101 Å². The summed E-state index contributed by atoms with van der Waals surface area (Å²) in [5.74, 6) is -25.5. The summed E-state index contributed by atoms with van der Waals surface area (Å²) >= 11 is 0. The lowest BCUT2D eigenvalue weighted by Gasteiger charge is -2.33. The molecule has 3 aromatic rings. The molecule has 746 valence electrons. The van der Waals surface area contributed by atoms with E-state index in [1.54, 1.807) is 102 Å². The Balaban J connectivity index is 1.26. The molecular weight excluding hydrogens is 1770 g/mol. The van der Waals surface area contributed by atoms with Crippen LogP contribution in [0.4, 0.5) is 0 Å². The summed E-state index contributed by atoms with van der Waals surface area (Å²) in [6, 6.07) is -11.7. The Hall–Kier alpha value is -13.8. The molecule has 1 aromatic heterocycles. The van der Waals surface area contributed by atoms with Crippen molar-refractivity contribution in [3.8, 4) is 0 Å². The van der Waals surface area contributed by atoms with Gasteiger partial charge in [-0.1, -0.05) is 122 Å². The molecule has 7 rings (SSSR count). The van der Waals surface area contributed by atoms with E-state index in [9.17, 15) is 102 Å². The van der Waals surface area contributed by atoms with E-state index < -0.39 is 282 Å². The van der Waals surface area contributed by atoms with Crippen LogP contribution in [0.2, 0.25) is 0 Å². The van der Waals surface area contributed by atoms with E-state index in [0.29, 0.717) is 16.8 Å². The summed E-state index contributed by atoms with van der Waals surface area (Å²) in [5, 5.41) is 78.4. The van der Waals surface area contributed by atoms with Gasteiger partial charge in [-0.15, -0.1) is 0 Å². The second-order valence-electron chi connectivity index (χ2n) is 35.8. The van der Waals surface area contributed by atoms with Gasteiger partial charge in [-0.2, -0.15) is 0 Å². The number of carbonyl (C=O) groups is 20. The summed E-state index contributed by atoms with van der Waals surface area (Å²) in [7, 11) is 0. The molecule has 0 unspecified atom stereocenters. The van der Waals surface area contributed by atoms with E-state index in [0.717, 1.165) is 28.5 Å². The van der Waals surface area contributed by atoms with Crippen LogP contribution >= 0.6 is 0 Å². The minimum atomic E-state index is -2.31. The molecule has 4 aliphatic rings. The predicted octanol–water partition coefficient (Wildman–Crippen LogP) is -6.50. The molecule has 0 saturated carbocycles. The van der Waals surface area contributed by atoms with E-state index in [1.165, 1.54) is 33.3 Å². The number of nitrogens with two attached hydrogens (primary N) is 3. The minimum absolute atomic E-state index is 0.0125. The van der Waals surface area contributed by atoms with Crippen LogP contribution in [-0.4, -0.2) is 305 Å². The van der Waals surface area contributed by atoms with Gasteiger partial charge in [0, 0.05) is 63.8 Å². The third-order valence-electron chi connectivity index (χ3n) is 24.1. The van der Waals surface area contributed by atoms with Crippen LogP contribution in [0.5, 0.6) is 0 Å². The van der Waals surface area contributed by atoms with Crippen molar-refractivity contribution in [2.45, 2.75) is 287 Å². The molecule has 0 spiro atoms. The first-order valence-corrected chi connectivity index (χ1v) is 45.7. The molecule has 0 aliphatic carbocycles. The topological polar surface area (TPSA) is 723 Å². The molecule has 26 N–H and O–H groups in total. The number of hydrogen-bond acceptors (Lipinski definition) is 24. The number of aliphatic carboxylic acids is 1. The minimum Gasteiger partial charge on any atom is -0.481 e. The number of aliphatic hydroxyl groups is 2. The zero-order valence-corrected chi connectivity index (χ0v) is 78.2. The van der Waals surface area contributed by atoms with Gasteiger partial charge in [0.25, 0.3) is 5.91 Å². The van der Waals surface area contributed by atoms with Crippen molar-refractivity contribution in [1.29, 1.82) is 5.41 Å². The van der Waals surface area contributed by atoms with Gasteiger partial charge in [-0.25, -0.2) is 4.98 Å². The SMILES string of the molecule is CC[C@H](C)[C@@H]1NC(=O)[C@H](CC(N)=O)NC(=O)[C@H](C)NC(=O)[C@H](Cc2ccccc2)NC(=O)[C@H](Cc2ccccc2)NC(=O)[C@H](Cc2cnc[nH]2)NC(=O)[C@H](C(C)C)NC(=O)[C@H](C(C)C)NC(=O)[C@@H]2CCCN2C(=O)[C@H](C(N)=O)NC(=O)[C@H](CCC(=O)O)NC(=O)[C@@H]2CCCN2C(=O)[C@H]([C@@H](C)O)NC(=O)[C@H](CCCNC(=N)N)NC(=O)[C@@H]2CCCN2C(=O)[C@H]([C@@H](C)O)NC(=O)[C@H](C(C)C)NC1=O. The van der Waals surface area contributed by atoms with Crippen LogP contribution in [0.3, 0.4) is 0 Å². The van der Waals surface area contributed by atoms with E-state index in [4.69, 9.17) is 22.6 Å². The van der Waals surface area contributed by atoms with E-state index in [1.807, 2.05) is 0 Å². The van der Waals surface area contributed by atoms with Crippen molar-refractivity contribution >= 4 is 124 Å². The Morgan fingerprint density at radius 1 is 0.441 bits per heavy atom. The van der Waals surface area contributed by atoms with Crippen LogP contribution in [0.25, 0.3) is 0 Å². The Morgan fingerprint density at radius 3 is 1.22 bits per heavy atom. The third-order valence-corrected chi connectivity index (χ3v) is 24.1. The van der Waals surface area contributed by atoms with Crippen molar-refractivity contribution in [3.05, 3.63) is 90.0 Å². The number of aromatic nitrogens is 2. The van der Waals surface area contributed by atoms with Gasteiger partial charge in [0.05, 0.1) is 25.0 Å². The number of hydrogen-bond donors (Lipinski definition) is 23. The normalized spacial score (nSPS) is 27.2. The lowest BCUT2D eigenvalue weighted by molar-refractivity contribution is -0.147. The molecule has 2 aromatic carbocycles. The summed E-state index contributed by atoms with van der Waals surface area (Å²) in [5.41, 5.74) is 18.3. The lowest BCUT2D eigenvalue weighted by atomic mass is 9.95. The van der Waals surface area contributed by atoms with E-state index >= 15 is 9.59 Å². The smallest absolute Gasteiger partial charge is 0.303 e. The number of primary amides is 2. The van der Waals surface area contributed by atoms with Gasteiger partial charge in [-0.05, 0) is 113 Å². The Kier molecular flexibility index (Phi) is 41.5. The van der Waals surface area contributed by atoms with Gasteiger partial charge < -0.3 is 132 Å². The molecule has 136 heavy (non-hydrogen) atoms. The number of rotatable bonds is 23. The number of nitrogens with zero attached hydrogens (tertiary/aromatic N) is 4. The van der Waals surface area contributed by atoms with Crippen LogP contribution in [-0.2, 0) is 115 Å². The van der Waals surface area contributed by atoms with Gasteiger partial charge in [0.1, 0.15) is 96.7 Å². The number of fused-ring (bicyclic) bond motifs is 3. The largest absolute Gasteiger partial charge is 0.481 e. The van der Waals surface area contributed by atoms with Crippen LogP contribution in [0.1, 0.15) is 170 Å². The molecule has 19 amide bonds. The summed E-state index contributed by atoms with van der Waals surface area (Å²) in [6.07, 6.45) is -4.07. The Morgan fingerprint density at radius 2 is 0.801 bits per heavy atom. The molecule has 4 fully saturated rings. The molecular formula is C89H132N24O23. The van der Waals surface area contributed by atoms with Crippen LogP contribution < -0.4 is 97.0 Å². The number of carboxylic acid groups (broad SMARTS) is 1. The molecule has 0 radical (unpaired) electrons. The highest BCUT2D eigenvalue weighted by molar-refractivity contribution is 6.09. The van der Waals surface area contributed by atoms with Crippen molar-refractivity contribution in [1.82, 2.24) is 104 Å². The number of carboxylic acids is 1. The fourth-order valence-electron chi connectivity index (χ4n) is 16.2. The van der Waals surface area contributed by atoms with E-state index in [-0.39, 0.29) is 103 Å². The zero-order chi connectivity index (χ0) is 101. The molecule has 4 aliphatic heterocycles. The van der Waals surface area contributed by atoms with Gasteiger partial charge in [0.2, 0.25) is 106 Å². The number of aliphatic hydroxyl groups excluding tert-OH is 2. The monoisotopic (exact) mass is 1900 g/mol. The predicted molar refractivity (Wildman–Crippen MR) is 486 cm³/mol. The third kappa shape index (κ3) is 31.4. The number of H-pyrrole nitrogens is 1. The first-order valence-electron chi connectivity index (χ1n) is 45.7. The number of aromatic amines is 1. The number of nitrogens with one attached hydrogen (secondary N) is 17. The molecule has 20 atom stereocenters. The summed E-state index contributed by atoms with van der Waals surface area (Å²) in [6.45, 7) is 15.3. The fourth-order valence-corrected chi connectivity index (χ4v) is 16.2. The van der Waals surface area contributed by atoms with Crippen molar-refractivity contribution < 1.29 is 111 Å². The second kappa shape index (κ2) is 51.6. The van der Waals surface area contributed by atoms with Crippen molar-refractivity contribution in [2.24, 2.45) is 40.9 Å². The van der Waals surface area contributed by atoms with Crippen molar-refractivity contribution in [3.63, 3.8) is 0 Å². The van der Waals surface area contributed by atoms with Gasteiger partial charge in [0.15, 0.2) is 12.0 Å². The quantitative estimate of drug-likeness (QED) is 0.0182. The number of imidazole rings is 1.